The molecule has 0 spiro atoms. The summed E-state index contributed by atoms with van der Waals surface area (Å²) in [5.41, 5.74) is 1.90. The summed E-state index contributed by atoms with van der Waals surface area (Å²) < 4.78 is 10.8. The van der Waals surface area contributed by atoms with Crippen LogP contribution in [0.25, 0.3) is 0 Å². The van der Waals surface area contributed by atoms with Crippen molar-refractivity contribution in [3.8, 4) is 5.75 Å². The zero-order valence-electron chi connectivity index (χ0n) is 11.5. The van der Waals surface area contributed by atoms with Gasteiger partial charge in [0, 0.05) is 10.6 Å². The SMILES string of the molecule is COc1ccc(C(=O)O)cc1COCc1ccc(Cl)cc1. The third-order valence-electron chi connectivity index (χ3n) is 2.97. The first-order valence-electron chi connectivity index (χ1n) is 6.32. The minimum atomic E-state index is -0.975. The average molecular weight is 307 g/mol. The molecule has 0 aliphatic heterocycles. The molecular weight excluding hydrogens is 292 g/mol. The van der Waals surface area contributed by atoms with Crippen LogP contribution in [0.15, 0.2) is 42.5 Å². The highest BCUT2D eigenvalue weighted by Crippen LogP contribution is 2.21. The Morgan fingerprint density at radius 2 is 1.86 bits per heavy atom. The molecule has 1 N–H and O–H groups in total. The normalized spacial score (nSPS) is 10.4. The van der Waals surface area contributed by atoms with Gasteiger partial charge in [0.25, 0.3) is 0 Å². The fourth-order valence-electron chi connectivity index (χ4n) is 1.88. The molecule has 0 aromatic heterocycles. The number of hydrogen-bond donors (Lipinski definition) is 1. The van der Waals surface area contributed by atoms with Crippen molar-refractivity contribution in [3.63, 3.8) is 0 Å². The molecule has 2 aromatic rings. The molecular formula is C16H15ClO4. The number of aromatic carboxylic acids is 1. The van der Waals surface area contributed by atoms with Crippen LogP contribution in [0.3, 0.4) is 0 Å². The molecule has 0 saturated carbocycles. The molecule has 0 saturated heterocycles. The van der Waals surface area contributed by atoms with Crippen LogP contribution in [0, 0.1) is 0 Å². The van der Waals surface area contributed by atoms with Gasteiger partial charge >= 0.3 is 5.97 Å². The Balaban J connectivity index is 2.03. The van der Waals surface area contributed by atoms with Crippen LogP contribution < -0.4 is 4.74 Å². The zero-order chi connectivity index (χ0) is 15.2. The second-order valence-electron chi connectivity index (χ2n) is 4.45. The van der Waals surface area contributed by atoms with Crippen molar-refractivity contribution < 1.29 is 19.4 Å². The van der Waals surface area contributed by atoms with E-state index in [9.17, 15) is 4.79 Å². The number of carboxylic acid groups (broad SMARTS) is 1. The summed E-state index contributed by atoms with van der Waals surface area (Å²) in [6.07, 6.45) is 0. The largest absolute Gasteiger partial charge is 0.496 e. The summed E-state index contributed by atoms with van der Waals surface area (Å²) in [7, 11) is 1.54. The number of hydrogen-bond acceptors (Lipinski definition) is 3. The van der Waals surface area contributed by atoms with Crippen molar-refractivity contribution in [2.24, 2.45) is 0 Å². The van der Waals surface area contributed by atoms with E-state index in [0.29, 0.717) is 22.9 Å². The molecule has 0 bridgehead atoms. The van der Waals surface area contributed by atoms with Crippen molar-refractivity contribution in [1.29, 1.82) is 0 Å². The number of ether oxygens (including phenoxy) is 2. The van der Waals surface area contributed by atoms with Crippen LogP contribution in [0.4, 0.5) is 0 Å². The van der Waals surface area contributed by atoms with Crippen LogP contribution in [0.5, 0.6) is 5.75 Å². The van der Waals surface area contributed by atoms with Gasteiger partial charge in [-0.2, -0.15) is 0 Å². The van der Waals surface area contributed by atoms with Crippen molar-refractivity contribution in [3.05, 3.63) is 64.2 Å². The Hall–Kier alpha value is -2.04. The molecule has 2 rings (SSSR count). The summed E-state index contributed by atoms with van der Waals surface area (Å²) in [6.45, 7) is 0.685. The van der Waals surface area contributed by atoms with Gasteiger partial charge in [-0.05, 0) is 35.9 Å². The minimum absolute atomic E-state index is 0.209. The van der Waals surface area contributed by atoms with E-state index < -0.39 is 5.97 Å². The maximum Gasteiger partial charge on any atom is 0.335 e. The molecule has 2 aromatic carbocycles. The lowest BCUT2D eigenvalue weighted by molar-refractivity contribution is 0.0696. The second kappa shape index (κ2) is 7.11. The van der Waals surface area contributed by atoms with Gasteiger partial charge < -0.3 is 14.6 Å². The van der Waals surface area contributed by atoms with E-state index in [4.69, 9.17) is 26.2 Å². The number of halogens is 1. The van der Waals surface area contributed by atoms with Crippen LogP contribution in [0.2, 0.25) is 5.02 Å². The van der Waals surface area contributed by atoms with E-state index in [-0.39, 0.29) is 12.2 Å². The summed E-state index contributed by atoms with van der Waals surface area (Å²) >= 11 is 5.82. The summed E-state index contributed by atoms with van der Waals surface area (Å²) in [6, 6.07) is 12.1. The first-order valence-corrected chi connectivity index (χ1v) is 6.70. The molecule has 110 valence electrons. The third kappa shape index (κ3) is 4.21. The van der Waals surface area contributed by atoms with Gasteiger partial charge in [0.05, 0.1) is 25.9 Å². The highest BCUT2D eigenvalue weighted by atomic mass is 35.5. The van der Waals surface area contributed by atoms with Crippen molar-refractivity contribution >= 4 is 17.6 Å². The second-order valence-corrected chi connectivity index (χ2v) is 4.89. The van der Waals surface area contributed by atoms with Gasteiger partial charge in [0.2, 0.25) is 0 Å². The molecule has 0 aliphatic carbocycles. The fourth-order valence-corrected chi connectivity index (χ4v) is 2.01. The van der Waals surface area contributed by atoms with Crippen molar-refractivity contribution in [2.75, 3.05) is 7.11 Å². The minimum Gasteiger partial charge on any atom is -0.496 e. The number of carboxylic acids is 1. The number of rotatable bonds is 6. The molecule has 0 radical (unpaired) electrons. The predicted molar refractivity (Wildman–Crippen MR) is 79.9 cm³/mol. The molecule has 5 heteroatoms. The van der Waals surface area contributed by atoms with Crippen molar-refractivity contribution in [1.82, 2.24) is 0 Å². The lowest BCUT2D eigenvalue weighted by Crippen LogP contribution is -2.02. The molecule has 21 heavy (non-hydrogen) atoms. The third-order valence-corrected chi connectivity index (χ3v) is 3.22. The van der Waals surface area contributed by atoms with Gasteiger partial charge in [-0.15, -0.1) is 0 Å². The van der Waals surface area contributed by atoms with Crippen LogP contribution in [0.1, 0.15) is 21.5 Å². The Labute approximate surface area is 127 Å². The number of methoxy groups -OCH3 is 1. The number of carbonyl (C=O) groups is 1. The molecule has 0 fully saturated rings. The maximum absolute atomic E-state index is 11.0. The van der Waals surface area contributed by atoms with Gasteiger partial charge in [-0.25, -0.2) is 4.79 Å². The van der Waals surface area contributed by atoms with Crippen LogP contribution >= 0.6 is 11.6 Å². The first kappa shape index (κ1) is 15.4. The maximum atomic E-state index is 11.0. The smallest absolute Gasteiger partial charge is 0.335 e. The first-order chi connectivity index (χ1) is 10.1. The van der Waals surface area contributed by atoms with E-state index in [2.05, 4.69) is 0 Å². The van der Waals surface area contributed by atoms with Crippen LogP contribution in [-0.2, 0) is 18.0 Å². The van der Waals surface area contributed by atoms with Gasteiger partial charge in [-0.1, -0.05) is 23.7 Å². The van der Waals surface area contributed by atoms with Gasteiger partial charge in [-0.3, -0.25) is 0 Å². The topological polar surface area (TPSA) is 55.8 Å². The summed E-state index contributed by atoms with van der Waals surface area (Å²) in [5, 5.41) is 9.68. The lowest BCUT2D eigenvalue weighted by Gasteiger charge is -2.10. The molecule has 0 heterocycles. The summed E-state index contributed by atoms with van der Waals surface area (Å²) in [4.78, 5) is 11.0. The van der Waals surface area contributed by atoms with Gasteiger partial charge in [0.15, 0.2) is 0 Å². The Kier molecular flexibility index (Phi) is 5.20. The highest BCUT2D eigenvalue weighted by molar-refractivity contribution is 6.30. The van der Waals surface area contributed by atoms with E-state index in [1.807, 2.05) is 12.1 Å². The van der Waals surface area contributed by atoms with E-state index in [0.717, 1.165) is 5.56 Å². The van der Waals surface area contributed by atoms with Crippen molar-refractivity contribution in [2.45, 2.75) is 13.2 Å². The molecule has 0 unspecified atom stereocenters. The van der Waals surface area contributed by atoms with E-state index in [1.54, 1.807) is 31.4 Å². The predicted octanol–water partition coefficient (Wildman–Crippen LogP) is 3.76. The van der Waals surface area contributed by atoms with E-state index in [1.165, 1.54) is 6.07 Å². The monoisotopic (exact) mass is 306 g/mol. The highest BCUT2D eigenvalue weighted by Gasteiger charge is 2.09. The summed E-state index contributed by atoms with van der Waals surface area (Å²) in [5.74, 6) is -0.368. The number of benzene rings is 2. The Morgan fingerprint density at radius 3 is 2.48 bits per heavy atom. The lowest BCUT2D eigenvalue weighted by atomic mass is 10.1. The Morgan fingerprint density at radius 1 is 1.14 bits per heavy atom. The standard InChI is InChI=1S/C16H15ClO4/c1-20-15-7-4-12(16(18)19)8-13(15)10-21-9-11-2-5-14(17)6-3-11/h2-8H,9-10H2,1H3,(H,18,19). The molecule has 0 amide bonds. The molecule has 0 atom stereocenters. The molecule has 0 aliphatic rings. The zero-order valence-corrected chi connectivity index (χ0v) is 12.3. The fraction of sp³-hybridized carbons (Fsp3) is 0.188. The van der Waals surface area contributed by atoms with E-state index >= 15 is 0 Å². The van der Waals surface area contributed by atoms with Gasteiger partial charge in [0.1, 0.15) is 5.75 Å². The molecule has 4 nitrogen and oxygen atoms in total. The average Bonchev–Trinajstić information content (AvgIpc) is 2.49. The van der Waals surface area contributed by atoms with Crippen LogP contribution in [-0.4, -0.2) is 18.2 Å². The Bertz CT molecular complexity index is 623. The quantitative estimate of drug-likeness (QED) is 0.882.